The highest BCUT2D eigenvalue weighted by molar-refractivity contribution is 5.51. The molecular weight excluding hydrogens is 226 g/mol. The monoisotopic (exact) mass is 247 g/mol. The Labute approximate surface area is 109 Å². The Balaban J connectivity index is 2.91. The summed E-state index contributed by atoms with van der Waals surface area (Å²) in [4.78, 5) is 4.08. The topological polar surface area (TPSA) is 71.9 Å². The molecule has 4 nitrogen and oxygen atoms in total. The van der Waals surface area contributed by atoms with E-state index in [4.69, 9.17) is 15.7 Å². The van der Waals surface area contributed by atoms with Crippen LogP contribution in [0.4, 0.5) is 5.82 Å². The molecule has 0 aliphatic carbocycles. The molecular formula is C14H21N3O. The van der Waals surface area contributed by atoms with E-state index in [0.717, 1.165) is 25.7 Å². The standard InChI is InChI=1S/C14H21N3O/c1-4-6-7-11(5-2)18-13-8-14(16)17-10(3)12(13)9-15/h8,11H,4-7H2,1-3H3,(H2,16,17). The Morgan fingerprint density at radius 2 is 2.22 bits per heavy atom. The summed E-state index contributed by atoms with van der Waals surface area (Å²) in [7, 11) is 0. The van der Waals surface area contributed by atoms with Gasteiger partial charge < -0.3 is 10.5 Å². The lowest BCUT2D eigenvalue weighted by molar-refractivity contribution is 0.183. The van der Waals surface area contributed by atoms with Crippen LogP contribution in [-0.2, 0) is 0 Å². The molecule has 1 aromatic rings. The van der Waals surface area contributed by atoms with Gasteiger partial charge in [0.15, 0.2) is 0 Å². The van der Waals surface area contributed by atoms with Crippen LogP contribution in [-0.4, -0.2) is 11.1 Å². The molecule has 0 saturated carbocycles. The Hall–Kier alpha value is -1.76. The van der Waals surface area contributed by atoms with Crippen LogP contribution in [0.25, 0.3) is 0 Å². The summed E-state index contributed by atoms with van der Waals surface area (Å²) in [6.07, 6.45) is 4.33. The molecule has 1 unspecified atom stereocenters. The van der Waals surface area contributed by atoms with Gasteiger partial charge in [-0.25, -0.2) is 4.98 Å². The Morgan fingerprint density at radius 1 is 1.50 bits per heavy atom. The van der Waals surface area contributed by atoms with Gasteiger partial charge in [-0.1, -0.05) is 26.7 Å². The number of aromatic nitrogens is 1. The third kappa shape index (κ3) is 3.63. The van der Waals surface area contributed by atoms with Gasteiger partial charge in [0.2, 0.25) is 0 Å². The molecule has 0 bridgehead atoms. The molecule has 0 aliphatic rings. The number of nitrogen functional groups attached to an aromatic ring is 1. The Morgan fingerprint density at radius 3 is 2.78 bits per heavy atom. The molecule has 4 heteroatoms. The third-order valence-electron chi connectivity index (χ3n) is 2.92. The smallest absolute Gasteiger partial charge is 0.143 e. The number of aryl methyl sites for hydroxylation is 1. The molecule has 2 N–H and O–H groups in total. The second-order valence-electron chi connectivity index (χ2n) is 4.41. The summed E-state index contributed by atoms with van der Waals surface area (Å²) in [5.41, 5.74) is 6.81. The van der Waals surface area contributed by atoms with E-state index in [9.17, 15) is 0 Å². The lowest BCUT2D eigenvalue weighted by Gasteiger charge is -2.18. The molecule has 0 saturated heterocycles. The van der Waals surface area contributed by atoms with E-state index in [1.54, 1.807) is 13.0 Å². The predicted molar refractivity (Wildman–Crippen MR) is 72.3 cm³/mol. The van der Waals surface area contributed by atoms with E-state index >= 15 is 0 Å². The first-order chi connectivity index (χ1) is 8.62. The molecule has 98 valence electrons. The van der Waals surface area contributed by atoms with Crippen molar-refractivity contribution >= 4 is 5.82 Å². The number of ether oxygens (including phenoxy) is 1. The van der Waals surface area contributed by atoms with Gasteiger partial charge in [0.1, 0.15) is 23.2 Å². The minimum absolute atomic E-state index is 0.137. The molecule has 0 aliphatic heterocycles. The van der Waals surface area contributed by atoms with E-state index in [2.05, 4.69) is 24.9 Å². The van der Waals surface area contributed by atoms with E-state index < -0.39 is 0 Å². The fraction of sp³-hybridized carbons (Fsp3) is 0.571. The molecule has 0 fully saturated rings. The molecule has 1 aromatic heterocycles. The number of nitrogens with zero attached hydrogens (tertiary/aromatic N) is 2. The van der Waals surface area contributed by atoms with Gasteiger partial charge in [-0.3, -0.25) is 0 Å². The Bertz CT molecular complexity index is 437. The molecule has 18 heavy (non-hydrogen) atoms. The van der Waals surface area contributed by atoms with Gasteiger partial charge in [-0.05, 0) is 19.8 Å². The van der Waals surface area contributed by atoms with Gasteiger partial charge >= 0.3 is 0 Å². The van der Waals surface area contributed by atoms with Crippen molar-refractivity contribution in [2.75, 3.05) is 5.73 Å². The lowest BCUT2D eigenvalue weighted by Crippen LogP contribution is -2.16. The quantitative estimate of drug-likeness (QED) is 0.837. The van der Waals surface area contributed by atoms with Crippen LogP contribution < -0.4 is 10.5 Å². The first-order valence-electron chi connectivity index (χ1n) is 6.46. The highest BCUT2D eigenvalue weighted by Gasteiger charge is 2.14. The maximum Gasteiger partial charge on any atom is 0.143 e. The fourth-order valence-electron chi connectivity index (χ4n) is 1.85. The Kier molecular flexibility index (Phi) is 5.44. The summed E-state index contributed by atoms with van der Waals surface area (Å²) in [6.45, 7) is 6.01. The zero-order chi connectivity index (χ0) is 13.5. The van der Waals surface area contributed by atoms with Crippen LogP contribution in [0.3, 0.4) is 0 Å². The van der Waals surface area contributed by atoms with Gasteiger partial charge in [0.25, 0.3) is 0 Å². The number of rotatable bonds is 6. The van der Waals surface area contributed by atoms with Gasteiger partial charge in [-0.2, -0.15) is 5.26 Å². The number of hydrogen-bond donors (Lipinski definition) is 1. The van der Waals surface area contributed by atoms with Crippen molar-refractivity contribution in [3.05, 3.63) is 17.3 Å². The third-order valence-corrected chi connectivity index (χ3v) is 2.92. The summed E-state index contributed by atoms with van der Waals surface area (Å²) < 4.78 is 5.91. The first-order valence-corrected chi connectivity index (χ1v) is 6.46. The van der Waals surface area contributed by atoms with Crippen molar-refractivity contribution < 1.29 is 4.74 Å². The van der Waals surface area contributed by atoms with Gasteiger partial charge in [0, 0.05) is 6.07 Å². The zero-order valence-electron chi connectivity index (χ0n) is 11.4. The van der Waals surface area contributed by atoms with E-state index in [-0.39, 0.29) is 6.10 Å². The summed E-state index contributed by atoms with van der Waals surface area (Å²) >= 11 is 0. The highest BCUT2D eigenvalue weighted by atomic mass is 16.5. The molecule has 0 radical (unpaired) electrons. The molecule has 1 heterocycles. The SMILES string of the molecule is CCCCC(CC)Oc1cc(N)nc(C)c1C#N. The average molecular weight is 247 g/mol. The molecule has 1 atom stereocenters. The van der Waals surface area contributed by atoms with Crippen LogP contribution in [0.15, 0.2) is 6.07 Å². The van der Waals surface area contributed by atoms with Crippen molar-refractivity contribution in [1.29, 1.82) is 5.26 Å². The molecule has 1 rings (SSSR count). The number of pyridine rings is 1. The van der Waals surface area contributed by atoms with E-state index in [1.807, 2.05) is 0 Å². The maximum atomic E-state index is 9.14. The highest BCUT2D eigenvalue weighted by Crippen LogP contribution is 2.25. The van der Waals surface area contributed by atoms with Crippen molar-refractivity contribution in [2.45, 2.75) is 52.6 Å². The lowest BCUT2D eigenvalue weighted by atomic mass is 10.1. The van der Waals surface area contributed by atoms with E-state index in [0.29, 0.717) is 22.8 Å². The summed E-state index contributed by atoms with van der Waals surface area (Å²) in [5.74, 6) is 0.956. The largest absolute Gasteiger partial charge is 0.489 e. The minimum Gasteiger partial charge on any atom is -0.489 e. The first kappa shape index (κ1) is 14.3. The second-order valence-corrected chi connectivity index (χ2v) is 4.41. The number of anilines is 1. The second kappa shape index (κ2) is 6.85. The van der Waals surface area contributed by atoms with Crippen molar-refractivity contribution in [1.82, 2.24) is 4.98 Å². The van der Waals surface area contributed by atoms with Crippen molar-refractivity contribution in [3.8, 4) is 11.8 Å². The zero-order valence-corrected chi connectivity index (χ0v) is 11.4. The van der Waals surface area contributed by atoms with Gasteiger partial charge in [0.05, 0.1) is 11.8 Å². The van der Waals surface area contributed by atoms with Crippen LogP contribution in [0, 0.1) is 18.3 Å². The van der Waals surface area contributed by atoms with Crippen LogP contribution in [0.2, 0.25) is 0 Å². The van der Waals surface area contributed by atoms with Gasteiger partial charge in [-0.15, -0.1) is 0 Å². The normalized spacial score (nSPS) is 11.9. The average Bonchev–Trinajstić information content (AvgIpc) is 2.33. The van der Waals surface area contributed by atoms with Crippen molar-refractivity contribution in [2.24, 2.45) is 0 Å². The summed E-state index contributed by atoms with van der Waals surface area (Å²) in [6, 6.07) is 3.77. The number of hydrogen-bond acceptors (Lipinski definition) is 4. The summed E-state index contributed by atoms with van der Waals surface area (Å²) in [5, 5.41) is 9.14. The van der Waals surface area contributed by atoms with Crippen molar-refractivity contribution in [3.63, 3.8) is 0 Å². The minimum atomic E-state index is 0.137. The molecule has 0 spiro atoms. The maximum absolute atomic E-state index is 9.14. The predicted octanol–water partition coefficient (Wildman–Crippen LogP) is 3.19. The number of nitriles is 1. The number of nitrogens with two attached hydrogens (primary N) is 1. The molecule has 0 aromatic carbocycles. The fourth-order valence-corrected chi connectivity index (χ4v) is 1.85. The van der Waals surface area contributed by atoms with Crippen LogP contribution in [0.1, 0.15) is 50.8 Å². The molecule has 0 amide bonds. The van der Waals surface area contributed by atoms with Crippen LogP contribution >= 0.6 is 0 Å². The van der Waals surface area contributed by atoms with Crippen LogP contribution in [0.5, 0.6) is 5.75 Å². The number of unbranched alkanes of at least 4 members (excludes halogenated alkanes) is 1. The van der Waals surface area contributed by atoms with E-state index in [1.165, 1.54) is 0 Å².